The Balaban J connectivity index is 1.62. The Morgan fingerprint density at radius 3 is 3.09 bits per heavy atom. The predicted molar refractivity (Wildman–Crippen MR) is 80.8 cm³/mol. The standard InChI is InChI=1S/C17H18N2O3/c20-15(4-5-16(21)14-7-8-18-11-19-14)12-3-6-17-13(10-12)2-1-9-22-17/h3,6-8,10-11,15,20H,1-2,4-5,9H2. The summed E-state index contributed by atoms with van der Waals surface area (Å²) in [6.45, 7) is 0.752. The summed E-state index contributed by atoms with van der Waals surface area (Å²) in [6, 6.07) is 7.34. The Bertz CT molecular complexity index is 658. The van der Waals surface area contributed by atoms with Crippen molar-refractivity contribution < 1.29 is 14.6 Å². The van der Waals surface area contributed by atoms with Crippen LogP contribution in [0.25, 0.3) is 0 Å². The summed E-state index contributed by atoms with van der Waals surface area (Å²) in [6.07, 6.45) is 4.84. The van der Waals surface area contributed by atoms with Crippen molar-refractivity contribution in [1.29, 1.82) is 0 Å². The number of nitrogens with zero attached hydrogens (tertiary/aromatic N) is 2. The highest BCUT2D eigenvalue weighted by atomic mass is 16.5. The SMILES string of the molecule is O=C(CCC(O)c1ccc2c(c1)CCCO2)c1ccncn1. The summed E-state index contributed by atoms with van der Waals surface area (Å²) in [4.78, 5) is 19.7. The van der Waals surface area contributed by atoms with E-state index in [0.29, 0.717) is 12.1 Å². The van der Waals surface area contributed by atoms with Gasteiger partial charge in [0.15, 0.2) is 5.78 Å². The third-order valence-electron chi connectivity index (χ3n) is 3.83. The Morgan fingerprint density at radius 2 is 2.27 bits per heavy atom. The summed E-state index contributed by atoms with van der Waals surface area (Å²) in [5.41, 5.74) is 2.35. The monoisotopic (exact) mass is 298 g/mol. The molecule has 1 aliphatic heterocycles. The zero-order valence-corrected chi connectivity index (χ0v) is 12.2. The molecule has 1 N–H and O–H groups in total. The number of aromatic nitrogens is 2. The quantitative estimate of drug-likeness (QED) is 0.859. The van der Waals surface area contributed by atoms with Crippen LogP contribution >= 0.6 is 0 Å². The highest BCUT2D eigenvalue weighted by Gasteiger charge is 2.16. The Hall–Kier alpha value is -2.27. The first kappa shape index (κ1) is 14.7. The van der Waals surface area contributed by atoms with Crippen LogP contribution in [0.2, 0.25) is 0 Å². The van der Waals surface area contributed by atoms with Crippen LogP contribution < -0.4 is 4.74 Å². The smallest absolute Gasteiger partial charge is 0.181 e. The molecule has 1 atom stereocenters. The molecule has 2 aromatic rings. The highest BCUT2D eigenvalue weighted by Crippen LogP contribution is 2.29. The Morgan fingerprint density at radius 1 is 1.36 bits per heavy atom. The lowest BCUT2D eigenvalue weighted by Crippen LogP contribution is -2.10. The van der Waals surface area contributed by atoms with E-state index in [0.717, 1.165) is 36.3 Å². The van der Waals surface area contributed by atoms with E-state index in [9.17, 15) is 9.90 Å². The van der Waals surface area contributed by atoms with Gasteiger partial charge in [-0.3, -0.25) is 4.79 Å². The van der Waals surface area contributed by atoms with Gasteiger partial charge in [0, 0.05) is 12.6 Å². The molecule has 114 valence electrons. The van der Waals surface area contributed by atoms with E-state index in [4.69, 9.17) is 4.74 Å². The van der Waals surface area contributed by atoms with Gasteiger partial charge >= 0.3 is 0 Å². The average Bonchev–Trinajstić information content (AvgIpc) is 2.59. The first-order valence-corrected chi connectivity index (χ1v) is 7.47. The largest absolute Gasteiger partial charge is 0.493 e. The summed E-state index contributed by atoms with van der Waals surface area (Å²) < 4.78 is 5.56. The summed E-state index contributed by atoms with van der Waals surface area (Å²) in [5, 5.41) is 10.3. The molecule has 0 fully saturated rings. The van der Waals surface area contributed by atoms with Gasteiger partial charge < -0.3 is 9.84 Å². The number of hydrogen-bond donors (Lipinski definition) is 1. The van der Waals surface area contributed by atoms with Crippen LogP contribution in [-0.2, 0) is 6.42 Å². The summed E-state index contributed by atoms with van der Waals surface area (Å²) in [5.74, 6) is 0.821. The number of hydrogen-bond acceptors (Lipinski definition) is 5. The average molecular weight is 298 g/mol. The second kappa shape index (κ2) is 6.66. The third-order valence-corrected chi connectivity index (χ3v) is 3.83. The van der Waals surface area contributed by atoms with Crippen molar-refractivity contribution in [2.24, 2.45) is 0 Å². The maximum Gasteiger partial charge on any atom is 0.181 e. The number of benzene rings is 1. The van der Waals surface area contributed by atoms with Gasteiger partial charge in [-0.05, 0) is 48.6 Å². The molecule has 0 saturated carbocycles. The fourth-order valence-electron chi connectivity index (χ4n) is 2.61. The first-order chi connectivity index (χ1) is 10.7. The zero-order valence-electron chi connectivity index (χ0n) is 12.2. The van der Waals surface area contributed by atoms with Gasteiger partial charge in [0.2, 0.25) is 0 Å². The second-order valence-electron chi connectivity index (χ2n) is 5.39. The fourth-order valence-corrected chi connectivity index (χ4v) is 2.61. The molecule has 2 heterocycles. The van der Waals surface area contributed by atoms with Gasteiger partial charge in [0.1, 0.15) is 17.8 Å². The molecule has 0 saturated heterocycles. The minimum Gasteiger partial charge on any atom is -0.493 e. The number of carbonyl (C=O) groups is 1. The molecule has 0 bridgehead atoms. The molecule has 3 rings (SSSR count). The van der Waals surface area contributed by atoms with E-state index in [-0.39, 0.29) is 12.2 Å². The molecule has 0 aliphatic carbocycles. The van der Waals surface area contributed by atoms with Crippen molar-refractivity contribution >= 4 is 5.78 Å². The maximum atomic E-state index is 12.0. The molecule has 0 radical (unpaired) electrons. The van der Waals surface area contributed by atoms with E-state index in [1.54, 1.807) is 12.3 Å². The zero-order chi connectivity index (χ0) is 15.4. The van der Waals surface area contributed by atoms with Gasteiger partial charge in [-0.1, -0.05) is 6.07 Å². The summed E-state index contributed by atoms with van der Waals surface area (Å²) in [7, 11) is 0. The van der Waals surface area contributed by atoms with Crippen LogP contribution in [0.5, 0.6) is 5.75 Å². The lowest BCUT2D eigenvalue weighted by Gasteiger charge is -2.19. The van der Waals surface area contributed by atoms with Crippen molar-refractivity contribution in [2.75, 3.05) is 6.61 Å². The van der Waals surface area contributed by atoms with Crippen LogP contribution in [0.4, 0.5) is 0 Å². The normalized spacial score (nSPS) is 14.8. The lowest BCUT2D eigenvalue weighted by atomic mass is 9.97. The van der Waals surface area contributed by atoms with E-state index >= 15 is 0 Å². The van der Waals surface area contributed by atoms with Gasteiger partial charge in [0.05, 0.1) is 12.7 Å². The molecule has 5 heteroatoms. The molecule has 22 heavy (non-hydrogen) atoms. The number of rotatable bonds is 5. The highest BCUT2D eigenvalue weighted by molar-refractivity contribution is 5.94. The van der Waals surface area contributed by atoms with E-state index < -0.39 is 6.10 Å². The minimum absolute atomic E-state index is 0.0808. The maximum absolute atomic E-state index is 12.0. The number of aryl methyl sites for hydroxylation is 1. The van der Waals surface area contributed by atoms with E-state index in [1.165, 1.54) is 6.33 Å². The minimum atomic E-state index is -0.655. The lowest BCUT2D eigenvalue weighted by molar-refractivity contribution is 0.0935. The number of aliphatic hydroxyl groups excluding tert-OH is 1. The van der Waals surface area contributed by atoms with Crippen molar-refractivity contribution in [3.8, 4) is 5.75 Å². The number of ether oxygens (including phenoxy) is 1. The number of aliphatic hydroxyl groups is 1. The molecule has 1 aromatic carbocycles. The molecule has 0 amide bonds. The molecule has 1 unspecified atom stereocenters. The molecular weight excluding hydrogens is 280 g/mol. The van der Waals surface area contributed by atoms with Crippen LogP contribution in [0, 0.1) is 0 Å². The van der Waals surface area contributed by atoms with Crippen LogP contribution in [-0.4, -0.2) is 27.5 Å². The first-order valence-electron chi connectivity index (χ1n) is 7.47. The number of ketones is 1. The topological polar surface area (TPSA) is 72.3 Å². The summed E-state index contributed by atoms with van der Waals surface area (Å²) >= 11 is 0. The van der Waals surface area contributed by atoms with Crippen molar-refractivity contribution in [3.05, 3.63) is 53.6 Å². The molecule has 0 spiro atoms. The van der Waals surface area contributed by atoms with Crippen LogP contribution in [0.1, 0.15) is 47.0 Å². The van der Waals surface area contributed by atoms with Gasteiger partial charge in [-0.15, -0.1) is 0 Å². The van der Waals surface area contributed by atoms with Gasteiger partial charge in [0.25, 0.3) is 0 Å². The number of fused-ring (bicyclic) bond motifs is 1. The van der Waals surface area contributed by atoms with Crippen molar-refractivity contribution in [1.82, 2.24) is 9.97 Å². The molecule has 1 aliphatic rings. The van der Waals surface area contributed by atoms with Gasteiger partial charge in [-0.25, -0.2) is 9.97 Å². The van der Waals surface area contributed by atoms with Crippen molar-refractivity contribution in [2.45, 2.75) is 31.8 Å². The van der Waals surface area contributed by atoms with E-state index in [1.807, 2.05) is 18.2 Å². The van der Waals surface area contributed by atoms with Gasteiger partial charge in [-0.2, -0.15) is 0 Å². The van der Waals surface area contributed by atoms with Crippen molar-refractivity contribution in [3.63, 3.8) is 0 Å². The van der Waals surface area contributed by atoms with Crippen LogP contribution in [0.3, 0.4) is 0 Å². The Labute approximate surface area is 129 Å². The second-order valence-corrected chi connectivity index (χ2v) is 5.39. The molecular formula is C17H18N2O3. The number of carbonyl (C=O) groups excluding carboxylic acids is 1. The fraction of sp³-hybridized carbons (Fsp3) is 0.353. The Kier molecular flexibility index (Phi) is 4.44. The molecule has 5 nitrogen and oxygen atoms in total. The predicted octanol–water partition coefficient (Wildman–Crippen LogP) is 2.50. The molecule has 1 aromatic heterocycles. The van der Waals surface area contributed by atoms with Crippen LogP contribution in [0.15, 0.2) is 36.8 Å². The van der Waals surface area contributed by atoms with E-state index in [2.05, 4.69) is 9.97 Å². The number of Topliss-reactive ketones (excluding diaryl/α,β-unsaturated/α-hetero) is 1. The third kappa shape index (κ3) is 3.31.